The molecule has 0 spiro atoms. The molecule has 2 rings (SSSR count). The first-order valence-electron chi connectivity index (χ1n) is 9.66. The van der Waals surface area contributed by atoms with Crippen molar-refractivity contribution in [1.82, 2.24) is 10.2 Å². The van der Waals surface area contributed by atoms with Gasteiger partial charge in [-0.05, 0) is 63.5 Å². The first kappa shape index (κ1) is 17.3. The lowest BCUT2D eigenvalue weighted by Gasteiger charge is -2.40. The van der Waals surface area contributed by atoms with Crippen LogP contribution in [0.25, 0.3) is 0 Å². The van der Waals surface area contributed by atoms with Crippen molar-refractivity contribution < 1.29 is 0 Å². The highest BCUT2D eigenvalue weighted by atomic mass is 15.2. The van der Waals surface area contributed by atoms with Crippen molar-refractivity contribution in [1.29, 1.82) is 0 Å². The SMILES string of the molecule is CCCN(CC1CCCCN1)C1CCCC(CC(C)C)C1. The molecule has 0 aromatic heterocycles. The van der Waals surface area contributed by atoms with E-state index in [1.54, 1.807) is 0 Å². The highest BCUT2D eigenvalue weighted by molar-refractivity contribution is 4.84. The van der Waals surface area contributed by atoms with Crippen LogP contribution in [0.3, 0.4) is 0 Å². The molecule has 0 radical (unpaired) electrons. The molecule has 21 heavy (non-hydrogen) atoms. The summed E-state index contributed by atoms with van der Waals surface area (Å²) in [5.74, 6) is 1.86. The van der Waals surface area contributed by atoms with Crippen LogP contribution < -0.4 is 5.32 Å². The molecule has 2 heteroatoms. The van der Waals surface area contributed by atoms with Gasteiger partial charge in [0.25, 0.3) is 0 Å². The minimum absolute atomic E-state index is 0.760. The number of nitrogens with one attached hydrogen (secondary N) is 1. The monoisotopic (exact) mass is 294 g/mol. The van der Waals surface area contributed by atoms with Gasteiger partial charge in [-0.3, -0.25) is 4.90 Å². The van der Waals surface area contributed by atoms with Crippen LogP contribution in [0.4, 0.5) is 0 Å². The molecule has 2 fully saturated rings. The normalized spacial score (nSPS) is 31.0. The van der Waals surface area contributed by atoms with Gasteiger partial charge in [-0.25, -0.2) is 0 Å². The molecule has 0 aromatic carbocycles. The van der Waals surface area contributed by atoms with Gasteiger partial charge in [0.1, 0.15) is 0 Å². The van der Waals surface area contributed by atoms with E-state index in [-0.39, 0.29) is 0 Å². The third kappa shape index (κ3) is 5.90. The average Bonchev–Trinajstić information content (AvgIpc) is 2.47. The zero-order chi connectivity index (χ0) is 15.1. The number of nitrogens with zero attached hydrogens (tertiary/aromatic N) is 1. The van der Waals surface area contributed by atoms with Gasteiger partial charge in [-0.1, -0.05) is 40.0 Å². The van der Waals surface area contributed by atoms with Crippen molar-refractivity contribution in [2.75, 3.05) is 19.6 Å². The van der Waals surface area contributed by atoms with Crippen LogP contribution in [-0.2, 0) is 0 Å². The van der Waals surface area contributed by atoms with E-state index in [0.717, 1.165) is 23.9 Å². The lowest BCUT2D eigenvalue weighted by Crippen LogP contribution is -2.48. The first-order valence-corrected chi connectivity index (χ1v) is 9.66. The Hall–Kier alpha value is -0.0800. The number of rotatable bonds is 7. The van der Waals surface area contributed by atoms with E-state index in [4.69, 9.17) is 0 Å². The molecule has 1 heterocycles. The summed E-state index contributed by atoms with van der Waals surface area (Å²) in [6.07, 6.45) is 12.8. The van der Waals surface area contributed by atoms with Crippen molar-refractivity contribution in [3.63, 3.8) is 0 Å². The molecule has 0 aromatic rings. The zero-order valence-electron chi connectivity index (χ0n) is 14.7. The average molecular weight is 295 g/mol. The Morgan fingerprint density at radius 3 is 2.62 bits per heavy atom. The Labute approximate surface area is 133 Å². The van der Waals surface area contributed by atoms with Crippen LogP contribution in [0.5, 0.6) is 0 Å². The number of hydrogen-bond donors (Lipinski definition) is 1. The summed E-state index contributed by atoms with van der Waals surface area (Å²) >= 11 is 0. The topological polar surface area (TPSA) is 15.3 Å². The minimum atomic E-state index is 0.760. The van der Waals surface area contributed by atoms with E-state index >= 15 is 0 Å². The highest BCUT2D eigenvalue weighted by Gasteiger charge is 2.28. The quantitative estimate of drug-likeness (QED) is 0.746. The molecular weight excluding hydrogens is 256 g/mol. The predicted molar refractivity (Wildman–Crippen MR) is 92.7 cm³/mol. The molecule has 124 valence electrons. The lowest BCUT2D eigenvalue weighted by atomic mass is 9.80. The maximum Gasteiger partial charge on any atom is 0.0195 e. The van der Waals surface area contributed by atoms with Crippen LogP contribution in [0.2, 0.25) is 0 Å². The molecule has 2 aliphatic rings. The van der Waals surface area contributed by atoms with E-state index < -0.39 is 0 Å². The smallest absolute Gasteiger partial charge is 0.0195 e. The molecule has 1 aliphatic carbocycles. The van der Waals surface area contributed by atoms with Gasteiger partial charge in [-0.15, -0.1) is 0 Å². The Balaban J connectivity index is 1.86. The molecule has 2 nitrogen and oxygen atoms in total. The molecule has 1 N–H and O–H groups in total. The fourth-order valence-corrected chi connectivity index (χ4v) is 4.55. The largest absolute Gasteiger partial charge is 0.313 e. The van der Waals surface area contributed by atoms with Crippen molar-refractivity contribution >= 4 is 0 Å². The molecule has 1 saturated heterocycles. The van der Waals surface area contributed by atoms with E-state index in [1.807, 2.05) is 0 Å². The summed E-state index contributed by atoms with van der Waals surface area (Å²) in [6.45, 7) is 11.0. The van der Waals surface area contributed by atoms with Crippen LogP contribution >= 0.6 is 0 Å². The fraction of sp³-hybridized carbons (Fsp3) is 1.00. The summed E-state index contributed by atoms with van der Waals surface area (Å²) in [5.41, 5.74) is 0. The second kappa shape index (κ2) is 9.15. The molecule has 1 saturated carbocycles. The molecule has 1 aliphatic heterocycles. The molecule has 3 unspecified atom stereocenters. The summed E-state index contributed by atoms with van der Waals surface area (Å²) in [7, 11) is 0. The second-order valence-corrected chi connectivity index (χ2v) is 7.96. The molecule has 0 bridgehead atoms. The van der Waals surface area contributed by atoms with Gasteiger partial charge < -0.3 is 5.32 Å². The van der Waals surface area contributed by atoms with Gasteiger partial charge >= 0.3 is 0 Å². The summed E-state index contributed by atoms with van der Waals surface area (Å²) in [6, 6.07) is 1.63. The predicted octanol–water partition coefficient (Wildman–Crippen LogP) is 4.45. The van der Waals surface area contributed by atoms with Gasteiger partial charge in [-0.2, -0.15) is 0 Å². The van der Waals surface area contributed by atoms with E-state index in [0.29, 0.717) is 0 Å². The Kier molecular flexibility index (Phi) is 7.53. The van der Waals surface area contributed by atoms with Crippen molar-refractivity contribution in [2.24, 2.45) is 11.8 Å². The fourth-order valence-electron chi connectivity index (χ4n) is 4.55. The number of piperidine rings is 1. The van der Waals surface area contributed by atoms with E-state index in [2.05, 4.69) is 31.0 Å². The Morgan fingerprint density at radius 1 is 1.10 bits per heavy atom. The summed E-state index contributed by atoms with van der Waals surface area (Å²) in [5, 5.41) is 3.75. The van der Waals surface area contributed by atoms with Crippen LogP contribution in [0.15, 0.2) is 0 Å². The maximum absolute atomic E-state index is 3.75. The molecule has 3 atom stereocenters. The van der Waals surface area contributed by atoms with Crippen LogP contribution in [0, 0.1) is 11.8 Å². The first-order chi connectivity index (χ1) is 10.2. The molecule has 0 amide bonds. The van der Waals surface area contributed by atoms with Gasteiger partial charge in [0.15, 0.2) is 0 Å². The maximum atomic E-state index is 3.75. The van der Waals surface area contributed by atoms with Gasteiger partial charge in [0, 0.05) is 18.6 Å². The van der Waals surface area contributed by atoms with E-state index in [1.165, 1.54) is 77.4 Å². The third-order valence-corrected chi connectivity index (χ3v) is 5.45. The lowest BCUT2D eigenvalue weighted by molar-refractivity contribution is 0.106. The molecular formula is C19H38N2. The van der Waals surface area contributed by atoms with Gasteiger partial charge in [0.2, 0.25) is 0 Å². The Morgan fingerprint density at radius 2 is 1.95 bits per heavy atom. The van der Waals surface area contributed by atoms with Crippen LogP contribution in [0.1, 0.15) is 78.6 Å². The highest BCUT2D eigenvalue weighted by Crippen LogP contribution is 2.32. The third-order valence-electron chi connectivity index (χ3n) is 5.45. The summed E-state index contributed by atoms with van der Waals surface area (Å²) in [4.78, 5) is 2.84. The van der Waals surface area contributed by atoms with Crippen molar-refractivity contribution in [3.8, 4) is 0 Å². The van der Waals surface area contributed by atoms with Crippen molar-refractivity contribution in [2.45, 2.75) is 90.6 Å². The standard InChI is InChI=1S/C19H38N2/c1-4-12-21(15-18-9-5-6-11-20-18)19-10-7-8-17(14-19)13-16(2)3/h16-20H,4-15H2,1-3H3. The Bertz CT molecular complexity index is 271. The second-order valence-electron chi connectivity index (χ2n) is 7.96. The summed E-state index contributed by atoms with van der Waals surface area (Å²) < 4.78 is 0. The zero-order valence-corrected chi connectivity index (χ0v) is 14.7. The van der Waals surface area contributed by atoms with Crippen LogP contribution in [-0.4, -0.2) is 36.6 Å². The minimum Gasteiger partial charge on any atom is -0.313 e. The van der Waals surface area contributed by atoms with Gasteiger partial charge in [0.05, 0.1) is 0 Å². The van der Waals surface area contributed by atoms with E-state index in [9.17, 15) is 0 Å². The van der Waals surface area contributed by atoms with Crippen molar-refractivity contribution in [3.05, 3.63) is 0 Å². The number of hydrogen-bond acceptors (Lipinski definition) is 2.